The lowest BCUT2D eigenvalue weighted by atomic mass is 10.1. The summed E-state index contributed by atoms with van der Waals surface area (Å²) in [5.74, 6) is 0. The lowest BCUT2D eigenvalue weighted by molar-refractivity contribution is 1.13. The van der Waals surface area contributed by atoms with E-state index in [1.54, 1.807) is 0 Å². The van der Waals surface area contributed by atoms with Gasteiger partial charge in [-0.3, -0.25) is 0 Å². The number of aromatic nitrogens is 3. The van der Waals surface area contributed by atoms with E-state index in [2.05, 4.69) is 262 Å². The van der Waals surface area contributed by atoms with Crippen molar-refractivity contribution in [2.45, 2.75) is 0 Å². The Bertz CT molecular complexity index is 3730. The first-order valence-electron chi connectivity index (χ1n) is 22.1. The smallest absolute Gasteiger partial charge is 0.181 e. The fourth-order valence-corrected chi connectivity index (χ4v) is 16.0. The Hall–Kier alpha value is -8.18. The van der Waals surface area contributed by atoms with Gasteiger partial charge in [-0.05, 0) is 69.3 Å². The van der Waals surface area contributed by atoms with E-state index in [0.29, 0.717) is 0 Å². The van der Waals surface area contributed by atoms with E-state index < -0.39 is 8.07 Å². The summed E-state index contributed by atoms with van der Waals surface area (Å²) < 4.78 is 7.56. The second kappa shape index (κ2) is 14.5. The number of hydrogen-bond acceptors (Lipinski definition) is 0. The van der Waals surface area contributed by atoms with E-state index in [0.717, 1.165) is 22.6 Å². The second-order valence-corrected chi connectivity index (χ2v) is 20.6. The van der Waals surface area contributed by atoms with Gasteiger partial charge in [0.25, 0.3) is 0 Å². The largest absolute Gasteiger partial charge is 0.309 e. The molecular weight excluding hydrogens is 791 g/mol. The first-order valence-corrected chi connectivity index (χ1v) is 24.1. The van der Waals surface area contributed by atoms with Crippen LogP contribution in [0, 0.1) is 0 Å². The first-order chi connectivity index (χ1) is 31.8. The average molecular weight is 832 g/mol. The predicted molar refractivity (Wildman–Crippen MR) is 273 cm³/mol. The van der Waals surface area contributed by atoms with Crippen LogP contribution >= 0.6 is 0 Å². The van der Waals surface area contributed by atoms with Crippen molar-refractivity contribution >= 4 is 94.2 Å². The summed E-state index contributed by atoms with van der Waals surface area (Å²) in [5, 5.41) is 12.8. The Balaban J connectivity index is 1.25. The van der Waals surface area contributed by atoms with Crippen LogP contribution in [0.4, 0.5) is 0 Å². The second-order valence-electron chi connectivity index (χ2n) is 16.8. The van der Waals surface area contributed by atoms with Crippen LogP contribution in [0.15, 0.2) is 249 Å². The zero-order valence-corrected chi connectivity index (χ0v) is 36.0. The van der Waals surface area contributed by atoms with Gasteiger partial charge in [0, 0.05) is 43.7 Å². The van der Waals surface area contributed by atoms with Gasteiger partial charge in [0.05, 0.1) is 38.8 Å². The van der Waals surface area contributed by atoms with Crippen molar-refractivity contribution in [1.29, 1.82) is 0 Å². The van der Waals surface area contributed by atoms with Gasteiger partial charge < -0.3 is 13.7 Å². The Morgan fingerprint density at radius 3 is 1.23 bits per heavy atom. The molecule has 13 aromatic rings. The van der Waals surface area contributed by atoms with Crippen LogP contribution in [0.5, 0.6) is 0 Å². The highest BCUT2D eigenvalue weighted by molar-refractivity contribution is 7.20. The average Bonchev–Trinajstić information content (AvgIpc) is 4.01. The minimum atomic E-state index is -3.04. The third kappa shape index (κ3) is 5.21. The molecular formula is C60H41N3Si. The van der Waals surface area contributed by atoms with Gasteiger partial charge in [-0.1, -0.05) is 200 Å². The van der Waals surface area contributed by atoms with Crippen LogP contribution in [-0.4, -0.2) is 21.8 Å². The van der Waals surface area contributed by atoms with Gasteiger partial charge in [0.1, 0.15) is 0 Å². The summed E-state index contributed by atoms with van der Waals surface area (Å²) in [6.45, 7) is 0. The van der Waals surface area contributed by atoms with Crippen LogP contribution in [0.3, 0.4) is 0 Å². The fourth-order valence-electron chi connectivity index (χ4n) is 11.0. The van der Waals surface area contributed by atoms with Crippen LogP contribution in [0.2, 0.25) is 0 Å². The molecule has 0 atom stereocenters. The van der Waals surface area contributed by atoms with Gasteiger partial charge in [-0.15, -0.1) is 0 Å². The molecule has 0 N–H and O–H groups in total. The molecule has 0 bridgehead atoms. The van der Waals surface area contributed by atoms with Gasteiger partial charge in [0.2, 0.25) is 0 Å². The number of para-hydroxylation sites is 6. The van der Waals surface area contributed by atoms with Crippen molar-refractivity contribution in [2.24, 2.45) is 0 Å². The van der Waals surface area contributed by atoms with E-state index in [1.807, 2.05) is 0 Å². The third-order valence-electron chi connectivity index (χ3n) is 13.6. The number of benzene rings is 10. The summed E-state index contributed by atoms with van der Waals surface area (Å²) in [6.07, 6.45) is 0. The molecule has 0 saturated carbocycles. The minimum absolute atomic E-state index is 1.13. The maximum atomic E-state index is 2.63. The Morgan fingerprint density at radius 2 is 0.672 bits per heavy atom. The molecule has 0 aliphatic rings. The van der Waals surface area contributed by atoms with Crippen molar-refractivity contribution in [1.82, 2.24) is 13.7 Å². The zero-order chi connectivity index (χ0) is 42.2. The Labute approximate surface area is 372 Å². The topological polar surface area (TPSA) is 14.8 Å². The molecule has 13 rings (SSSR count). The summed E-state index contributed by atoms with van der Waals surface area (Å²) in [6, 6.07) is 92.5. The van der Waals surface area contributed by atoms with Gasteiger partial charge >= 0.3 is 0 Å². The highest BCUT2D eigenvalue weighted by Crippen LogP contribution is 2.41. The monoisotopic (exact) mass is 831 g/mol. The van der Waals surface area contributed by atoms with E-state index in [-0.39, 0.29) is 0 Å². The molecule has 0 unspecified atom stereocenters. The quantitative estimate of drug-likeness (QED) is 0.112. The van der Waals surface area contributed by atoms with Gasteiger partial charge in [-0.25, -0.2) is 0 Å². The molecule has 3 nitrogen and oxygen atoms in total. The summed E-state index contributed by atoms with van der Waals surface area (Å²) in [7, 11) is -3.04. The fraction of sp³-hybridized carbons (Fsp3) is 0. The number of fused-ring (bicyclic) bond motifs is 9. The molecule has 3 heterocycles. The van der Waals surface area contributed by atoms with E-state index in [9.17, 15) is 0 Å². The number of nitrogens with zero attached hydrogens (tertiary/aromatic N) is 3. The van der Waals surface area contributed by atoms with E-state index in [4.69, 9.17) is 0 Å². The standard InChI is InChI=1S/C60H41N3Si/c1-5-21-42(22-6-1)62-55-36-18-15-31-49(55)51-32-19-37-56(59(51)62)63-57-41-43(61-53-34-16-13-29-47(53)48-30-14-17-35-54(48)61)39-40-50(57)52-33-20-38-58(60(52)63)64(44-23-7-2-8-24-44,45-25-9-3-10-26-45)46-27-11-4-12-28-46/h1-41H. The van der Waals surface area contributed by atoms with E-state index >= 15 is 0 Å². The molecule has 0 amide bonds. The van der Waals surface area contributed by atoms with Crippen molar-refractivity contribution in [3.8, 4) is 17.1 Å². The summed E-state index contributed by atoms with van der Waals surface area (Å²) in [4.78, 5) is 0. The number of rotatable bonds is 7. The predicted octanol–water partition coefficient (Wildman–Crippen LogP) is 12.4. The van der Waals surface area contributed by atoms with Gasteiger partial charge in [-0.2, -0.15) is 0 Å². The number of hydrogen-bond donors (Lipinski definition) is 0. The highest BCUT2D eigenvalue weighted by Gasteiger charge is 2.43. The van der Waals surface area contributed by atoms with Crippen LogP contribution in [0.25, 0.3) is 82.5 Å². The normalized spacial score (nSPS) is 12.1. The van der Waals surface area contributed by atoms with Crippen LogP contribution in [-0.2, 0) is 0 Å². The summed E-state index contributed by atoms with van der Waals surface area (Å²) in [5.41, 5.74) is 10.6. The molecule has 0 fully saturated rings. The third-order valence-corrected chi connectivity index (χ3v) is 18.4. The van der Waals surface area contributed by atoms with Gasteiger partial charge in [0.15, 0.2) is 8.07 Å². The SMILES string of the molecule is c1ccc(-n2c3ccccc3c3cccc(-n4c5cc(-n6c7ccccc7c7ccccc76)ccc5c5cccc([Si](c6ccccc6)(c6ccccc6)c6ccccc6)c54)c32)cc1. The maximum absolute atomic E-state index is 3.04. The van der Waals surface area contributed by atoms with E-state index in [1.165, 1.54) is 80.6 Å². The first kappa shape index (κ1) is 36.5. The highest BCUT2D eigenvalue weighted by atomic mass is 28.3. The zero-order valence-electron chi connectivity index (χ0n) is 35.0. The van der Waals surface area contributed by atoms with Crippen molar-refractivity contribution in [2.75, 3.05) is 0 Å². The molecule has 0 saturated heterocycles. The molecule has 0 spiro atoms. The van der Waals surface area contributed by atoms with Crippen molar-refractivity contribution in [3.63, 3.8) is 0 Å². The molecule has 4 heteroatoms. The molecule has 10 aromatic carbocycles. The molecule has 0 aliphatic heterocycles. The van der Waals surface area contributed by atoms with Crippen molar-refractivity contribution < 1.29 is 0 Å². The minimum Gasteiger partial charge on any atom is -0.309 e. The Kier molecular flexibility index (Phi) is 8.23. The molecule has 64 heavy (non-hydrogen) atoms. The molecule has 0 aliphatic carbocycles. The summed E-state index contributed by atoms with van der Waals surface area (Å²) >= 11 is 0. The molecule has 3 aromatic heterocycles. The van der Waals surface area contributed by atoms with Crippen LogP contribution < -0.4 is 20.7 Å². The van der Waals surface area contributed by atoms with Crippen LogP contribution in [0.1, 0.15) is 0 Å². The maximum Gasteiger partial charge on any atom is 0.181 e. The molecule has 300 valence electrons. The molecule has 0 radical (unpaired) electrons. The Morgan fingerprint density at radius 1 is 0.250 bits per heavy atom. The van der Waals surface area contributed by atoms with Crippen molar-refractivity contribution in [3.05, 3.63) is 249 Å². The lowest BCUT2D eigenvalue weighted by Crippen LogP contribution is -2.75. The lowest BCUT2D eigenvalue weighted by Gasteiger charge is -2.35.